The van der Waals surface area contributed by atoms with Crippen LogP contribution in [0.15, 0.2) is 42.5 Å². The van der Waals surface area contributed by atoms with E-state index in [1.807, 2.05) is 30.3 Å². The Kier molecular flexibility index (Phi) is 6.61. The zero-order valence-corrected chi connectivity index (χ0v) is 16.1. The molecule has 0 fully saturated rings. The van der Waals surface area contributed by atoms with Crippen LogP contribution in [0.2, 0.25) is 10.0 Å². The number of ether oxygens (including phenoxy) is 1. The maximum absolute atomic E-state index is 8.36. The number of carboxylic acid groups (broad SMARTS) is 1. The number of nitrogens with one attached hydrogen (secondary N) is 1. The van der Waals surface area contributed by atoms with Gasteiger partial charge in [-0.3, -0.25) is 9.69 Å². The number of rotatable bonds is 4. The Morgan fingerprint density at radius 3 is 2.74 bits per heavy atom. The van der Waals surface area contributed by atoms with Gasteiger partial charge in [0.05, 0.1) is 0 Å². The van der Waals surface area contributed by atoms with E-state index < -0.39 is 0 Å². The molecule has 1 aromatic heterocycles. The fraction of sp³-hybridized carbons (Fsp3) is 0.250. The normalized spacial score (nSPS) is 13.6. The van der Waals surface area contributed by atoms with Gasteiger partial charge in [0, 0.05) is 46.3 Å². The second-order valence-electron chi connectivity index (χ2n) is 6.21. The van der Waals surface area contributed by atoms with Crippen LogP contribution in [0.4, 0.5) is 0 Å². The van der Waals surface area contributed by atoms with Crippen LogP contribution >= 0.6 is 23.2 Å². The minimum Gasteiger partial charge on any atom is -0.492 e. The summed E-state index contributed by atoms with van der Waals surface area (Å²) in [7, 11) is 0. The first-order valence-corrected chi connectivity index (χ1v) is 9.34. The van der Waals surface area contributed by atoms with E-state index in [0.717, 1.165) is 36.8 Å². The van der Waals surface area contributed by atoms with E-state index in [1.54, 1.807) is 0 Å². The summed E-state index contributed by atoms with van der Waals surface area (Å²) in [6.07, 6.45) is 1.03. The number of fused-ring (bicyclic) bond motifs is 3. The summed E-state index contributed by atoms with van der Waals surface area (Å²) in [5.41, 5.74) is 3.86. The van der Waals surface area contributed by atoms with Gasteiger partial charge in [0.25, 0.3) is 6.47 Å². The molecule has 2 N–H and O–H groups in total. The zero-order valence-electron chi connectivity index (χ0n) is 14.6. The third-order valence-corrected chi connectivity index (χ3v) is 4.96. The second kappa shape index (κ2) is 9.13. The lowest BCUT2D eigenvalue weighted by Gasteiger charge is -2.26. The third kappa shape index (κ3) is 4.95. The predicted octanol–water partition coefficient (Wildman–Crippen LogP) is 4.61. The van der Waals surface area contributed by atoms with Crippen LogP contribution in [0, 0.1) is 0 Å². The van der Waals surface area contributed by atoms with Gasteiger partial charge in [0.1, 0.15) is 12.4 Å². The van der Waals surface area contributed by atoms with Crippen molar-refractivity contribution < 1.29 is 14.6 Å². The summed E-state index contributed by atoms with van der Waals surface area (Å²) in [4.78, 5) is 14.3. The fourth-order valence-corrected chi connectivity index (χ4v) is 3.66. The molecular weight excluding hydrogens is 387 g/mol. The molecule has 27 heavy (non-hydrogen) atoms. The highest BCUT2D eigenvalue weighted by molar-refractivity contribution is 6.31. The van der Waals surface area contributed by atoms with Gasteiger partial charge in [0.2, 0.25) is 0 Å². The Morgan fingerprint density at radius 1 is 1.19 bits per heavy atom. The average molecular weight is 407 g/mol. The lowest BCUT2D eigenvalue weighted by Crippen LogP contribution is -2.33. The van der Waals surface area contributed by atoms with E-state index in [1.165, 1.54) is 22.2 Å². The third-order valence-electron chi connectivity index (χ3n) is 4.49. The molecule has 0 bridgehead atoms. The molecule has 1 aliphatic heterocycles. The number of aromatic amines is 1. The van der Waals surface area contributed by atoms with Crippen LogP contribution in [0.3, 0.4) is 0 Å². The van der Waals surface area contributed by atoms with Crippen LogP contribution < -0.4 is 4.74 Å². The highest BCUT2D eigenvalue weighted by Gasteiger charge is 2.20. The molecule has 2 heterocycles. The van der Waals surface area contributed by atoms with Gasteiger partial charge in [-0.25, -0.2) is 0 Å². The summed E-state index contributed by atoms with van der Waals surface area (Å²) in [6, 6.07) is 13.6. The summed E-state index contributed by atoms with van der Waals surface area (Å²) >= 11 is 12.1. The van der Waals surface area contributed by atoms with E-state index in [4.69, 9.17) is 37.8 Å². The van der Waals surface area contributed by atoms with Crippen molar-refractivity contribution in [2.45, 2.75) is 13.0 Å². The standard InChI is InChI=1S/C19H18Cl2N2O.CH2O2/c20-13-2-1-3-15(10-13)24-9-8-23-7-6-16-17-11-14(21)4-5-18(17)22-19(16)12-23;2-1-3/h1-5,10-11,22H,6-9,12H2;1H,(H,2,3). The molecule has 4 rings (SSSR count). The molecule has 142 valence electrons. The van der Waals surface area contributed by atoms with Crippen molar-refractivity contribution in [2.75, 3.05) is 19.7 Å². The van der Waals surface area contributed by atoms with Crippen molar-refractivity contribution in [1.82, 2.24) is 9.88 Å². The van der Waals surface area contributed by atoms with Gasteiger partial charge < -0.3 is 14.8 Å². The molecule has 0 atom stereocenters. The van der Waals surface area contributed by atoms with Crippen LogP contribution in [0.1, 0.15) is 11.3 Å². The Labute approximate surface area is 167 Å². The van der Waals surface area contributed by atoms with Gasteiger partial charge in [-0.15, -0.1) is 0 Å². The van der Waals surface area contributed by atoms with Crippen LogP contribution in [-0.4, -0.2) is 41.2 Å². The first kappa shape index (κ1) is 19.5. The molecule has 1 aliphatic rings. The topological polar surface area (TPSA) is 65.6 Å². The first-order valence-electron chi connectivity index (χ1n) is 8.58. The smallest absolute Gasteiger partial charge is 0.290 e. The Morgan fingerprint density at radius 2 is 1.96 bits per heavy atom. The maximum atomic E-state index is 8.36. The van der Waals surface area contributed by atoms with Crippen molar-refractivity contribution in [2.24, 2.45) is 0 Å². The monoisotopic (exact) mass is 406 g/mol. The molecule has 0 saturated heterocycles. The van der Waals surface area contributed by atoms with Gasteiger partial charge in [-0.2, -0.15) is 0 Å². The van der Waals surface area contributed by atoms with Gasteiger partial charge in [0.15, 0.2) is 0 Å². The molecular formula is C20H20Cl2N2O3. The Bertz CT molecular complexity index is 927. The predicted molar refractivity (Wildman–Crippen MR) is 108 cm³/mol. The van der Waals surface area contributed by atoms with E-state index in [0.29, 0.717) is 11.6 Å². The number of nitrogens with zero attached hydrogens (tertiary/aromatic N) is 1. The number of benzene rings is 2. The average Bonchev–Trinajstić information content (AvgIpc) is 2.99. The van der Waals surface area contributed by atoms with Crippen LogP contribution in [0.5, 0.6) is 5.75 Å². The van der Waals surface area contributed by atoms with Crippen molar-refractivity contribution >= 4 is 40.6 Å². The molecule has 0 aliphatic carbocycles. The Balaban J connectivity index is 0.000000659. The summed E-state index contributed by atoms with van der Waals surface area (Å²) in [6.45, 7) is 3.25. The van der Waals surface area contributed by atoms with Crippen molar-refractivity contribution in [3.8, 4) is 5.75 Å². The summed E-state index contributed by atoms with van der Waals surface area (Å²) < 4.78 is 5.80. The number of hydrogen-bond acceptors (Lipinski definition) is 3. The van der Waals surface area contributed by atoms with Crippen LogP contribution in [-0.2, 0) is 17.8 Å². The summed E-state index contributed by atoms with van der Waals surface area (Å²) in [5, 5.41) is 9.64. The molecule has 0 saturated carbocycles. The van der Waals surface area contributed by atoms with Crippen molar-refractivity contribution in [3.05, 3.63) is 63.8 Å². The highest BCUT2D eigenvalue weighted by Crippen LogP contribution is 2.29. The maximum Gasteiger partial charge on any atom is 0.290 e. The molecule has 0 unspecified atom stereocenters. The number of hydrogen-bond donors (Lipinski definition) is 2. The van der Waals surface area contributed by atoms with Crippen molar-refractivity contribution in [3.63, 3.8) is 0 Å². The van der Waals surface area contributed by atoms with E-state index >= 15 is 0 Å². The second-order valence-corrected chi connectivity index (χ2v) is 7.08. The lowest BCUT2D eigenvalue weighted by atomic mass is 10.0. The highest BCUT2D eigenvalue weighted by atomic mass is 35.5. The molecule has 0 amide bonds. The molecule has 2 aromatic carbocycles. The minimum atomic E-state index is -0.250. The summed E-state index contributed by atoms with van der Waals surface area (Å²) in [5.74, 6) is 0.820. The first-order chi connectivity index (χ1) is 13.1. The zero-order chi connectivity index (χ0) is 19.2. The SMILES string of the molecule is Clc1cccc(OCCN2CCc3c([nH]c4ccc(Cl)cc34)C2)c1.O=CO. The Hall–Kier alpha value is -2.21. The largest absolute Gasteiger partial charge is 0.492 e. The molecule has 0 radical (unpaired) electrons. The van der Waals surface area contributed by atoms with Gasteiger partial charge in [-0.05, 0) is 48.4 Å². The molecule has 3 aromatic rings. The lowest BCUT2D eigenvalue weighted by molar-refractivity contribution is -0.122. The molecule has 5 nitrogen and oxygen atoms in total. The quantitative estimate of drug-likeness (QED) is 0.620. The van der Waals surface area contributed by atoms with Crippen LogP contribution in [0.25, 0.3) is 10.9 Å². The van der Waals surface area contributed by atoms with E-state index in [9.17, 15) is 0 Å². The molecule has 7 heteroatoms. The number of carbonyl (C=O) groups is 1. The number of aromatic nitrogens is 1. The van der Waals surface area contributed by atoms with Gasteiger partial charge in [-0.1, -0.05) is 29.3 Å². The van der Waals surface area contributed by atoms with Gasteiger partial charge >= 0.3 is 0 Å². The number of halogens is 2. The minimum absolute atomic E-state index is 0.250. The molecule has 0 spiro atoms. The fourth-order valence-electron chi connectivity index (χ4n) is 3.31. The van der Waals surface area contributed by atoms with Crippen molar-refractivity contribution in [1.29, 1.82) is 0 Å². The van der Waals surface area contributed by atoms with E-state index in [-0.39, 0.29) is 6.47 Å². The number of H-pyrrole nitrogens is 1. The van der Waals surface area contributed by atoms with E-state index in [2.05, 4.69) is 22.0 Å².